The lowest BCUT2D eigenvalue weighted by molar-refractivity contribution is 0.107. The number of aromatic nitrogens is 3. The SMILES string of the molecule is CCCn1c(CN)nnc1SCC(C)(C)O. The zero-order valence-electron chi connectivity index (χ0n) is 10.1. The van der Waals surface area contributed by atoms with Gasteiger partial charge in [-0.25, -0.2) is 0 Å². The summed E-state index contributed by atoms with van der Waals surface area (Å²) >= 11 is 1.51. The molecule has 0 aromatic carbocycles. The third-order valence-electron chi connectivity index (χ3n) is 1.98. The molecular weight excluding hydrogens is 224 g/mol. The van der Waals surface area contributed by atoms with E-state index in [4.69, 9.17) is 5.73 Å². The maximum Gasteiger partial charge on any atom is 0.191 e. The Labute approximate surface area is 100 Å². The highest BCUT2D eigenvalue weighted by Gasteiger charge is 2.17. The van der Waals surface area contributed by atoms with Crippen LogP contribution in [0, 0.1) is 0 Å². The molecule has 0 saturated carbocycles. The maximum atomic E-state index is 9.66. The van der Waals surface area contributed by atoms with Crippen LogP contribution >= 0.6 is 11.8 Å². The fraction of sp³-hybridized carbons (Fsp3) is 0.800. The molecule has 0 aliphatic rings. The van der Waals surface area contributed by atoms with E-state index < -0.39 is 5.60 Å². The van der Waals surface area contributed by atoms with E-state index in [1.807, 2.05) is 4.57 Å². The van der Waals surface area contributed by atoms with Gasteiger partial charge in [0.05, 0.1) is 12.1 Å². The van der Waals surface area contributed by atoms with Gasteiger partial charge in [0, 0.05) is 12.3 Å². The monoisotopic (exact) mass is 244 g/mol. The predicted octanol–water partition coefficient (Wildman–Crippen LogP) is 1.01. The van der Waals surface area contributed by atoms with Crippen molar-refractivity contribution < 1.29 is 5.11 Å². The highest BCUT2D eigenvalue weighted by atomic mass is 32.2. The summed E-state index contributed by atoms with van der Waals surface area (Å²) in [6, 6.07) is 0. The van der Waals surface area contributed by atoms with E-state index in [2.05, 4.69) is 17.1 Å². The number of rotatable bonds is 6. The summed E-state index contributed by atoms with van der Waals surface area (Å²) in [7, 11) is 0. The summed E-state index contributed by atoms with van der Waals surface area (Å²) in [6.45, 7) is 6.93. The first-order valence-electron chi connectivity index (χ1n) is 5.45. The van der Waals surface area contributed by atoms with Crippen LogP contribution in [0.2, 0.25) is 0 Å². The van der Waals surface area contributed by atoms with Gasteiger partial charge in [-0.05, 0) is 20.3 Å². The molecule has 0 saturated heterocycles. The summed E-state index contributed by atoms with van der Waals surface area (Å²) in [4.78, 5) is 0. The van der Waals surface area contributed by atoms with E-state index in [0.29, 0.717) is 12.3 Å². The Balaban J connectivity index is 2.75. The number of hydrogen-bond donors (Lipinski definition) is 2. The van der Waals surface area contributed by atoms with Crippen LogP contribution in [-0.2, 0) is 13.1 Å². The number of nitrogens with zero attached hydrogens (tertiary/aromatic N) is 3. The van der Waals surface area contributed by atoms with E-state index in [-0.39, 0.29) is 0 Å². The average molecular weight is 244 g/mol. The molecule has 0 atom stereocenters. The molecule has 0 spiro atoms. The highest BCUT2D eigenvalue weighted by molar-refractivity contribution is 7.99. The van der Waals surface area contributed by atoms with Crippen molar-refractivity contribution in [2.24, 2.45) is 5.73 Å². The zero-order chi connectivity index (χ0) is 12.2. The maximum absolute atomic E-state index is 9.66. The third kappa shape index (κ3) is 3.77. The largest absolute Gasteiger partial charge is 0.390 e. The van der Waals surface area contributed by atoms with Crippen molar-refractivity contribution in [2.75, 3.05) is 5.75 Å². The molecule has 0 bridgehead atoms. The number of hydrogen-bond acceptors (Lipinski definition) is 5. The fourth-order valence-electron chi connectivity index (χ4n) is 1.27. The van der Waals surface area contributed by atoms with Crippen LogP contribution in [0.15, 0.2) is 5.16 Å². The van der Waals surface area contributed by atoms with Crippen molar-refractivity contribution in [3.63, 3.8) is 0 Å². The van der Waals surface area contributed by atoms with Crippen molar-refractivity contribution >= 4 is 11.8 Å². The minimum atomic E-state index is -0.698. The van der Waals surface area contributed by atoms with Gasteiger partial charge in [0.2, 0.25) is 0 Å². The van der Waals surface area contributed by atoms with E-state index in [9.17, 15) is 5.11 Å². The van der Waals surface area contributed by atoms with Gasteiger partial charge in [0.1, 0.15) is 5.82 Å². The standard InChI is InChI=1S/C10H20N4OS/c1-4-5-14-8(6-11)12-13-9(14)16-7-10(2,3)15/h15H,4-7,11H2,1-3H3. The van der Waals surface area contributed by atoms with Gasteiger partial charge < -0.3 is 15.4 Å². The molecule has 1 aromatic rings. The Bertz CT molecular complexity index is 332. The van der Waals surface area contributed by atoms with Crippen LogP contribution in [-0.4, -0.2) is 31.2 Å². The first-order chi connectivity index (χ1) is 7.48. The van der Waals surface area contributed by atoms with Crippen LogP contribution in [0.1, 0.15) is 33.0 Å². The van der Waals surface area contributed by atoms with E-state index >= 15 is 0 Å². The Morgan fingerprint density at radius 1 is 1.44 bits per heavy atom. The van der Waals surface area contributed by atoms with Crippen LogP contribution < -0.4 is 5.73 Å². The van der Waals surface area contributed by atoms with Crippen LogP contribution in [0.5, 0.6) is 0 Å². The number of nitrogens with two attached hydrogens (primary N) is 1. The van der Waals surface area contributed by atoms with Gasteiger partial charge in [0.25, 0.3) is 0 Å². The second-order valence-electron chi connectivity index (χ2n) is 4.36. The molecule has 0 radical (unpaired) electrons. The van der Waals surface area contributed by atoms with Crippen LogP contribution in [0.25, 0.3) is 0 Å². The molecule has 0 unspecified atom stereocenters. The van der Waals surface area contributed by atoms with Crippen LogP contribution in [0.4, 0.5) is 0 Å². The topological polar surface area (TPSA) is 77.0 Å². The van der Waals surface area contributed by atoms with E-state index in [1.54, 1.807) is 13.8 Å². The lowest BCUT2D eigenvalue weighted by Gasteiger charge is -2.16. The summed E-state index contributed by atoms with van der Waals surface area (Å²) in [6.07, 6.45) is 1.01. The van der Waals surface area contributed by atoms with Crippen LogP contribution in [0.3, 0.4) is 0 Å². The molecule has 6 heteroatoms. The molecule has 1 heterocycles. The van der Waals surface area contributed by atoms with Gasteiger partial charge in [-0.15, -0.1) is 10.2 Å². The van der Waals surface area contributed by atoms with Crippen molar-refractivity contribution in [1.29, 1.82) is 0 Å². The Morgan fingerprint density at radius 3 is 2.62 bits per heavy atom. The second-order valence-corrected chi connectivity index (χ2v) is 5.30. The Kier molecular flexibility index (Phi) is 4.76. The molecule has 1 rings (SSSR count). The molecule has 0 aliphatic heterocycles. The normalized spacial score (nSPS) is 12.1. The minimum Gasteiger partial charge on any atom is -0.390 e. The Hall–Kier alpha value is -0.590. The minimum absolute atomic E-state index is 0.399. The molecule has 3 N–H and O–H groups in total. The fourth-order valence-corrected chi connectivity index (χ4v) is 2.20. The molecule has 1 aromatic heterocycles. The molecule has 0 fully saturated rings. The van der Waals surface area contributed by atoms with Crippen molar-refractivity contribution in [2.45, 2.75) is 51.0 Å². The van der Waals surface area contributed by atoms with Gasteiger partial charge in [0.15, 0.2) is 5.16 Å². The predicted molar refractivity (Wildman–Crippen MR) is 65.2 cm³/mol. The van der Waals surface area contributed by atoms with Gasteiger partial charge in [-0.2, -0.15) is 0 Å². The quantitative estimate of drug-likeness (QED) is 0.730. The zero-order valence-corrected chi connectivity index (χ0v) is 10.9. The molecular formula is C10H20N4OS. The van der Waals surface area contributed by atoms with Crippen molar-refractivity contribution in [3.8, 4) is 0 Å². The lowest BCUT2D eigenvalue weighted by atomic mass is 10.2. The molecule has 5 nitrogen and oxygen atoms in total. The van der Waals surface area contributed by atoms with Gasteiger partial charge >= 0.3 is 0 Å². The smallest absolute Gasteiger partial charge is 0.191 e. The first-order valence-corrected chi connectivity index (χ1v) is 6.44. The summed E-state index contributed by atoms with van der Waals surface area (Å²) in [5.74, 6) is 1.40. The molecule has 16 heavy (non-hydrogen) atoms. The average Bonchev–Trinajstić information content (AvgIpc) is 2.57. The van der Waals surface area contributed by atoms with Crippen molar-refractivity contribution in [3.05, 3.63) is 5.82 Å². The van der Waals surface area contributed by atoms with Crippen molar-refractivity contribution in [1.82, 2.24) is 14.8 Å². The summed E-state index contributed by atoms with van der Waals surface area (Å²) in [5, 5.41) is 18.6. The number of aliphatic hydroxyl groups is 1. The van der Waals surface area contributed by atoms with E-state index in [1.165, 1.54) is 11.8 Å². The first kappa shape index (κ1) is 13.5. The van der Waals surface area contributed by atoms with Gasteiger partial charge in [-0.3, -0.25) is 0 Å². The molecule has 0 amide bonds. The van der Waals surface area contributed by atoms with E-state index in [0.717, 1.165) is 23.9 Å². The molecule has 0 aliphatic carbocycles. The number of thioether (sulfide) groups is 1. The lowest BCUT2D eigenvalue weighted by Crippen LogP contribution is -2.22. The highest BCUT2D eigenvalue weighted by Crippen LogP contribution is 2.21. The molecule has 92 valence electrons. The summed E-state index contributed by atoms with van der Waals surface area (Å²) < 4.78 is 2.02. The third-order valence-corrected chi connectivity index (χ3v) is 3.39. The second kappa shape index (κ2) is 5.65. The van der Waals surface area contributed by atoms with Gasteiger partial charge in [-0.1, -0.05) is 18.7 Å². The Morgan fingerprint density at radius 2 is 2.12 bits per heavy atom. The summed E-state index contributed by atoms with van der Waals surface area (Å²) in [5.41, 5.74) is 4.90.